The zero-order chi connectivity index (χ0) is 26.6. The van der Waals surface area contributed by atoms with E-state index in [9.17, 15) is 4.79 Å². The van der Waals surface area contributed by atoms with Crippen molar-refractivity contribution in [2.24, 2.45) is 5.73 Å². The van der Waals surface area contributed by atoms with Crippen molar-refractivity contribution in [1.82, 2.24) is 30.8 Å². The van der Waals surface area contributed by atoms with E-state index in [0.29, 0.717) is 22.4 Å². The van der Waals surface area contributed by atoms with Crippen LogP contribution in [0.25, 0.3) is 0 Å². The number of nitrogens with one attached hydrogen (secondary N) is 2. The second-order valence-electron chi connectivity index (χ2n) is 8.77. The minimum absolute atomic E-state index is 0.117. The van der Waals surface area contributed by atoms with Gasteiger partial charge in [0.1, 0.15) is 6.04 Å². The van der Waals surface area contributed by atoms with E-state index in [-0.39, 0.29) is 25.7 Å². The molecule has 1 aromatic carbocycles. The molecule has 1 unspecified atom stereocenters. The third-order valence-corrected chi connectivity index (χ3v) is 6.34. The highest BCUT2D eigenvalue weighted by molar-refractivity contribution is 7.99. The molecule has 0 aliphatic carbocycles. The summed E-state index contributed by atoms with van der Waals surface area (Å²) in [4.78, 5) is 12.6. The van der Waals surface area contributed by atoms with Gasteiger partial charge in [-0.05, 0) is 60.9 Å². The molecule has 2 rings (SSSR count). The van der Waals surface area contributed by atoms with E-state index < -0.39 is 11.6 Å². The van der Waals surface area contributed by atoms with Crippen molar-refractivity contribution in [3.63, 3.8) is 0 Å². The summed E-state index contributed by atoms with van der Waals surface area (Å²) in [7, 11) is 0. The monoisotopic (exact) mass is 559 g/mol. The van der Waals surface area contributed by atoms with E-state index in [1.807, 2.05) is 0 Å². The largest absolute Gasteiger partial charge is 0.396 e. The van der Waals surface area contributed by atoms with Crippen molar-refractivity contribution in [2.75, 3.05) is 31.3 Å². The summed E-state index contributed by atoms with van der Waals surface area (Å²) in [6, 6.07) is 4.56. The molecule has 1 amide bonds. The average molecular weight is 561 g/mol. The van der Waals surface area contributed by atoms with Crippen LogP contribution in [0.3, 0.4) is 0 Å². The molecule has 13 heteroatoms. The molecule has 1 heterocycles. The molecule has 2 aromatic rings. The van der Waals surface area contributed by atoms with Crippen molar-refractivity contribution in [3.8, 4) is 0 Å². The number of thioether (sulfide) groups is 1. The number of nitrogens with zero attached hydrogens (tertiary/aromatic N) is 4. The molecular weight excluding hydrogens is 525 g/mol. The summed E-state index contributed by atoms with van der Waals surface area (Å²) >= 11 is 13.8. The summed E-state index contributed by atoms with van der Waals surface area (Å²) in [6.07, 6.45) is 1.49. The Kier molecular flexibility index (Phi) is 13.0. The normalized spacial score (nSPS) is 12.4. The van der Waals surface area contributed by atoms with Crippen LogP contribution >= 0.6 is 35.0 Å². The molecule has 0 aliphatic rings. The quantitative estimate of drug-likeness (QED) is 0.215. The number of halogens is 2. The number of amides is 1. The molecule has 0 fully saturated rings. The minimum Gasteiger partial charge on any atom is -0.396 e. The molecule has 200 valence electrons. The van der Waals surface area contributed by atoms with E-state index in [2.05, 4.69) is 32.7 Å². The number of aliphatic hydroxyl groups excluding tert-OH is 1. The fourth-order valence-electron chi connectivity index (χ4n) is 3.13. The molecule has 0 saturated carbocycles. The maximum atomic E-state index is 12.6. The van der Waals surface area contributed by atoms with E-state index in [1.165, 1.54) is 0 Å². The molecule has 36 heavy (non-hydrogen) atoms. The van der Waals surface area contributed by atoms with E-state index >= 15 is 0 Å². The zero-order valence-electron chi connectivity index (χ0n) is 20.7. The van der Waals surface area contributed by atoms with Gasteiger partial charge in [-0.25, -0.2) is 4.68 Å². The van der Waals surface area contributed by atoms with Gasteiger partial charge < -0.3 is 26.2 Å². The Morgan fingerprint density at radius 3 is 2.69 bits per heavy atom. The summed E-state index contributed by atoms with van der Waals surface area (Å²) in [5, 5.41) is 28.1. The molecule has 0 aliphatic heterocycles. The number of carbonyl (C=O) groups excluding carboxylic acids is 1. The van der Waals surface area contributed by atoms with Gasteiger partial charge in [0.2, 0.25) is 5.91 Å². The van der Waals surface area contributed by atoms with E-state index in [0.717, 1.165) is 42.2 Å². The van der Waals surface area contributed by atoms with Crippen LogP contribution in [0.5, 0.6) is 0 Å². The SMILES string of the molecule is C=C(CCCn1nnnc1C(COCc1cc(Cl)cc(Cl)c1)NC(=O)C(C)(C)N)NCCSCCO. The highest BCUT2D eigenvalue weighted by Gasteiger charge is 2.28. The Balaban J connectivity index is 1.97. The Hall–Kier alpha value is -1.89. The van der Waals surface area contributed by atoms with Gasteiger partial charge in [0, 0.05) is 40.3 Å². The number of tetrazole rings is 1. The van der Waals surface area contributed by atoms with E-state index in [4.69, 9.17) is 38.8 Å². The lowest BCUT2D eigenvalue weighted by Gasteiger charge is -2.24. The first-order chi connectivity index (χ1) is 17.1. The topological polar surface area (TPSA) is 140 Å². The lowest BCUT2D eigenvalue weighted by Crippen LogP contribution is -2.51. The second-order valence-corrected chi connectivity index (χ2v) is 10.9. The molecule has 0 spiro atoms. The number of aromatic nitrogens is 4. The molecule has 5 N–H and O–H groups in total. The number of nitrogens with two attached hydrogens (primary N) is 1. The highest BCUT2D eigenvalue weighted by atomic mass is 35.5. The second kappa shape index (κ2) is 15.4. The molecule has 10 nitrogen and oxygen atoms in total. The molecule has 0 radical (unpaired) electrons. The van der Waals surface area contributed by atoms with Gasteiger partial charge in [-0.1, -0.05) is 29.8 Å². The van der Waals surface area contributed by atoms with Gasteiger partial charge in [0.25, 0.3) is 0 Å². The number of aryl methyl sites for hydroxylation is 1. The standard InChI is InChI=1S/C23H35Cl2N7O3S/c1-16(27-6-9-36-10-8-33)5-4-7-32-21(29-30-31-32)20(28-22(34)23(2,3)26)15-35-14-17-11-18(24)13-19(25)12-17/h11-13,20,27,33H,1,4-10,14-15,26H2,2-3H3,(H,28,34). The molecule has 1 aromatic heterocycles. The van der Waals surface area contributed by atoms with Gasteiger partial charge >= 0.3 is 0 Å². The van der Waals surface area contributed by atoms with Crippen LogP contribution in [0.1, 0.15) is 44.1 Å². The summed E-state index contributed by atoms with van der Waals surface area (Å²) in [6.45, 7) is 9.16. The third-order valence-electron chi connectivity index (χ3n) is 4.94. The lowest BCUT2D eigenvalue weighted by molar-refractivity contribution is -0.126. The zero-order valence-corrected chi connectivity index (χ0v) is 23.0. The fourth-order valence-corrected chi connectivity index (χ4v) is 4.28. The van der Waals surface area contributed by atoms with Gasteiger partial charge in [-0.2, -0.15) is 11.8 Å². The number of aliphatic hydroxyl groups is 1. The minimum atomic E-state index is -1.09. The van der Waals surface area contributed by atoms with Gasteiger partial charge in [0.15, 0.2) is 5.82 Å². The van der Waals surface area contributed by atoms with Crippen molar-refractivity contribution >= 4 is 40.9 Å². The maximum Gasteiger partial charge on any atom is 0.240 e. The van der Waals surface area contributed by atoms with Crippen molar-refractivity contribution < 1.29 is 14.6 Å². The molecule has 0 bridgehead atoms. The number of allylic oxidation sites excluding steroid dienone is 1. The average Bonchev–Trinajstić information content (AvgIpc) is 3.25. The lowest BCUT2D eigenvalue weighted by atomic mass is 10.1. The highest BCUT2D eigenvalue weighted by Crippen LogP contribution is 2.20. The summed E-state index contributed by atoms with van der Waals surface area (Å²) in [5.41, 5.74) is 6.62. The predicted octanol–water partition coefficient (Wildman–Crippen LogP) is 2.70. The smallest absolute Gasteiger partial charge is 0.240 e. The maximum absolute atomic E-state index is 12.6. The fraction of sp³-hybridized carbons (Fsp3) is 0.565. The van der Waals surface area contributed by atoms with Gasteiger partial charge in [-0.15, -0.1) is 5.10 Å². The van der Waals surface area contributed by atoms with Crippen LogP contribution < -0.4 is 16.4 Å². The van der Waals surface area contributed by atoms with Crippen LogP contribution in [0.2, 0.25) is 10.0 Å². The number of benzene rings is 1. The van der Waals surface area contributed by atoms with Crippen LogP contribution in [-0.2, 0) is 22.7 Å². The van der Waals surface area contributed by atoms with Crippen LogP contribution in [-0.4, -0.2) is 68.0 Å². The Labute approximate surface area is 226 Å². The van der Waals surface area contributed by atoms with Crippen LogP contribution in [0.15, 0.2) is 30.5 Å². The van der Waals surface area contributed by atoms with Crippen molar-refractivity contribution in [1.29, 1.82) is 0 Å². The first-order valence-electron chi connectivity index (χ1n) is 11.6. The van der Waals surface area contributed by atoms with Crippen LogP contribution in [0, 0.1) is 0 Å². The van der Waals surface area contributed by atoms with Crippen molar-refractivity contribution in [2.45, 2.75) is 51.4 Å². The third kappa shape index (κ3) is 11.0. The first-order valence-corrected chi connectivity index (χ1v) is 13.5. The number of ether oxygens (including phenoxy) is 1. The molecule has 1 atom stereocenters. The molecular formula is C23H35Cl2N7O3S. The number of hydrogen-bond acceptors (Lipinski definition) is 9. The van der Waals surface area contributed by atoms with Crippen molar-refractivity contribution in [3.05, 3.63) is 51.9 Å². The summed E-state index contributed by atoms with van der Waals surface area (Å²) in [5.74, 6) is 1.74. The Morgan fingerprint density at radius 2 is 2.03 bits per heavy atom. The summed E-state index contributed by atoms with van der Waals surface area (Å²) < 4.78 is 7.53. The Morgan fingerprint density at radius 1 is 1.31 bits per heavy atom. The van der Waals surface area contributed by atoms with Crippen LogP contribution in [0.4, 0.5) is 0 Å². The molecule has 0 saturated heterocycles. The number of hydrogen-bond donors (Lipinski definition) is 4. The first kappa shape index (κ1) is 30.3. The number of rotatable bonds is 17. The van der Waals surface area contributed by atoms with Gasteiger partial charge in [-0.3, -0.25) is 4.79 Å². The van der Waals surface area contributed by atoms with Gasteiger partial charge in [0.05, 0.1) is 25.4 Å². The predicted molar refractivity (Wildman–Crippen MR) is 144 cm³/mol. The van der Waals surface area contributed by atoms with E-state index in [1.54, 1.807) is 48.5 Å². The Bertz CT molecular complexity index is 965. The number of carbonyl (C=O) groups is 1.